The molecule has 0 bridgehead atoms. The predicted molar refractivity (Wildman–Crippen MR) is 133 cm³/mol. The molecule has 0 amide bonds. The van der Waals surface area contributed by atoms with Gasteiger partial charge in [0, 0.05) is 23.0 Å². The average Bonchev–Trinajstić information content (AvgIpc) is 3.19. The third-order valence-electron chi connectivity index (χ3n) is 7.13. The van der Waals surface area contributed by atoms with Gasteiger partial charge in [-0.3, -0.25) is 9.79 Å². The first kappa shape index (κ1) is 24.1. The van der Waals surface area contributed by atoms with E-state index in [-0.39, 0.29) is 5.92 Å². The van der Waals surface area contributed by atoms with E-state index in [9.17, 15) is 9.59 Å². The highest BCUT2D eigenvalue weighted by atomic mass is 16.1. The Labute approximate surface area is 191 Å². The number of aliphatic imine (C=N–C) groups is 1. The zero-order chi connectivity index (χ0) is 22.9. The van der Waals surface area contributed by atoms with Crippen LogP contribution >= 0.6 is 0 Å². The molecule has 172 valence electrons. The van der Waals surface area contributed by atoms with Crippen LogP contribution in [0.5, 0.6) is 0 Å². The topological polar surface area (TPSA) is 74.3 Å². The second-order valence-corrected chi connectivity index (χ2v) is 9.14. The van der Waals surface area contributed by atoms with E-state index in [1.165, 1.54) is 43.9 Å². The summed E-state index contributed by atoms with van der Waals surface area (Å²) in [5.74, 6) is 1.38. The van der Waals surface area contributed by atoms with Crippen molar-refractivity contribution in [2.75, 3.05) is 13.6 Å². The van der Waals surface area contributed by atoms with Crippen LogP contribution in [0, 0.1) is 11.8 Å². The van der Waals surface area contributed by atoms with Gasteiger partial charge >= 0.3 is 0 Å². The molecule has 2 N–H and O–H groups in total. The van der Waals surface area contributed by atoms with Gasteiger partial charge in [0.05, 0.1) is 11.3 Å². The molecular weight excluding hydrogens is 398 g/mol. The van der Waals surface area contributed by atoms with E-state index in [1.807, 2.05) is 7.05 Å². The second-order valence-electron chi connectivity index (χ2n) is 9.14. The summed E-state index contributed by atoms with van der Waals surface area (Å²) in [6.45, 7) is 6.69. The first-order valence-corrected chi connectivity index (χ1v) is 12.0. The van der Waals surface area contributed by atoms with Gasteiger partial charge in [-0.2, -0.15) is 0 Å². The van der Waals surface area contributed by atoms with E-state index in [1.54, 1.807) is 0 Å². The Morgan fingerprint density at radius 2 is 2.06 bits per heavy atom. The number of allylic oxidation sites excluding steroid dienone is 1. The zero-order valence-corrected chi connectivity index (χ0v) is 19.5. The lowest BCUT2D eigenvalue weighted by Crippen LogP contribution is -2.13. The highest BCUT2D eigenvalue weighted by Gasteiger charge is 2.23. The van der Waals surface area contributed by atoms with E-state index in [2.05, 4.69) is 47.1 Å². The smallest absolute Gasteiger partial charge is 0.153 e. The van der Waals surface area contributed by atoms with Gasteiger partial charge in [0.25, 0.3) is 0 Å². The normalized spacial score (nSPS) is 20.2. The van der Waals surface area contributed by atoms with Crippen molar-refractivity contribution in [2.24, 2.45) is 16.8 Å². The molecule has 1 saturated carbocycles. The minimum absolute atomic E-state index is 0.0882. The second kappa shape index (κ2) is 11.9. The molecule has 0 radical (unpaired) electrons. The first-order valence-electron chi connectivity index (χ1n) is 12.0. The summed E-state index contributed by atoms with van der Waals surface area (Å²) in [5, 5.41) is 4.22. The summed E-state index contributed by atoms with van der Waals surface area (Å²) in [4.78, 5) is 30.9. The van der Waals surface area contributed by atoms with Crippen LogP contribution in [-0.4, -0.2) is 37.9 Å². The molecule has 0 spiro atoms. The van der Waals surface area contributed by atoms with Gasteiger partial charge in [-0.1, -0.05) is 25.5 Å². The Kier molecular flexibility index (Phi) is 8.98. The molecule has 1 aliphatic rings. The maximum absolute atomic E-state index is 11.8. The monoisotopic (exact) mass is 435 g/mol. The van der Waals surface area contributed by atoms with Gasteiger partial charge in [0.1, 0.15) is 6.29 Å². The molecule has 1 atom stereocenters. The van der Waals surface area contributed by atoms with E-state index >= 15 is 0 Å². The summed E-state index contributed by atoms with van der Waals surface area (Å²) in [6, 6.07) is 6.67. The number of carbonyl (C=O) groups excluding carboxylic acids is 2. The van der Waals surface area contributed by atoms with Crippen molar-refractivity contribution in [3.05, 3.63) is 41.2 Å². The minimum atomic E-state index is -0.0882. The van der Waals surface area contributed by atoms with Crippen molar-refractivity contribution in [1.29, 1.82) is 0 Å². The quantitative estimate of drug-likeness (QED) is 0.201. The maximum atomic E-state index is 11.8. The standard InChI is InChI=1S/C27H37N3O2/c1-4-19-7-9-21(10-8-19)22-11-12-24-25(14-20(17-31)6-5-13-28-2)27(30-26(24)15-22)23(18-32)16-29-3/h11-12,15-21,28,30H,3-10,13-14H2,1-2H3/b23-16-. The number of H-pyrrole nitrogens is 1. The lowest BCUT2D eigenvalue weighted by atomic mass is 9.77. The number of nitrogens with one attached hydrogen (secondary N) is 2. The summed E-state index contributed by atoms with van der Waals surface area (Å²) in [5.41, 5.74) is 4.64. The van der Waals surface area contributed by atoms with Gasteiger partial charge in [0.2, 0.25) is 0 Å². The lowest BCUT2D eigenvalue weighted by Gasteiger charge is -2.28. The number of rotatable bonds is 12. The molecule has 5 heteroatoms. The van der Waals surface area contributed by atoms with Gasteiger partial charge in [-0.15, -0.1) is 0 Å². The van der Waals surface area contributed by atoms with Crippen molar-refractivity contribution in [2.45, 2.75) is 64.2 Å². The number of aldehydes is 2. The Bertz CT molecular complexity index is 951. The molecule has 5 nitrogen and oxygen atoms in total. The fourth-order valence-electron chi connectivity index (χ4n) is 5.16. The molecular formula is C27H37N3O2. The average molecular weight is 436 g/mol. The number of carbonyl (C=O) groups is 2. The molecule has 1 aromatic carbocycles. The third kappa shape index (κ3) is 5.63. The van der Waals surface area contributed by atoms with Crippen LogP contribution in [0.25, 0.3) is 16.5 Å². The summed E-state index contributed by atoms with van der Waals surface area (Å²) in [6.07, 6.45) is 12.1. The number of aromatic nitrogens is 1. The molecule has 1 fully saturated rings. The van der Waals surface area contributed by atoms with Gasteiger partial charge in [-0.05, 0) is 94.3 Å². The molecule has 1 aliphatic carbocycles. The van der Waals surface area contributed by atoms with E-state index < -0.39 is 0 Å². The molecule has 3 rings (SSSR count). The molecule has 2 aromatic rings. The largest absolute Gasteiger partial charge is 0.354 e. The zero-order valence-electron chi connectivity index (χ0n) is 19.5. The van der Waals surface area contributed by atoms with Gasteiger partial charge in [-0.25, -0.2) is 0 Å². The number of benzene rings is 1. The van der Waals surface area contributed by atoms with Crippen LogP contribution in [0.3, 0.4) is 0 Å². The van der Waals surface area contributed by atoms with Crippen molar-refractivity contribution < 1.29 is 9.59 Å². The Morgan fingerprint density at radius 1 is 1.28 bits per heavy atom. The minimum Gasteiger partial charge on any atom is -0.354 e. The SMILES string of the molecule is C=N/C=C(/C=O)c1[nH]c2cc(C3CCC(CC)CC3)ccc2c1CC(C=O)CCCNC. The van der Waals surface area contributed by atoms with Gasteiger partial charge < -0.3 is 15.1 Å². The fourth-order valence-corrected chi connectivity index (χ4v) is 5.16. The molecule has 1 unspecified atom stereocenters. The maximum Gasteiger partial charge on any atom is 0.153 e. The first-order chi connectivity index (χ1) is 15.6. The fraction of sp³-hybridized carbons (Fsp3) is 0.519. The molecule has 0 aliphatic heterocycles. The highest BCUT2D eigenvalue weighted by Crippen LogP contribution is 2.39. The summed E-state index contributed by atoms with van der Waals surface area (Å²) < 4.78 is 0. The molecule has 1 aromatic heterocycles. The van der Waals surface area contributed by atoms with Crippen LogP contribution in [0.15, 0.2) is 29.4 Å². The van der Waals surface area contributed by atoms with E-state index in [4.69, 9.17) is 0 Å². The molecule has 0 saturated heterocycles. The number of hydrogen-bond acceptors (Lipinski definition) is 4. The highest BCUT2D eigenvalue weighted by molar-refractivity contribution is 6.09. The Balaban J connectivity index is 1.96. The van der Waals surface area contributed by atoms with Crippen LogP contribution < -0.4 is 5.32 Å². The van der Waals surface area contributed by atoms with Crippen molar-refractivity contribution in [1.82, 2.24) is 10.3 Å². The van der Waals surface area contributed by atoms with Crippen molar-refractivity contribution >= 4 is 35.8 Å². The van der Waals surface area contributed by atoms with E-state index in [0.29, 0.717) is 17.9 Å². The lowest BCUT2D eigenvalue weighted by molar-refractivity contribution is -0.111. The summed E-state index contributed by atoms with van der Waals surface area (Å²) >= 11 is 0. The molecule has 1 heterocycles. The van der Waals surface area contributed by atoms with E-state index in [0.717, 1.165) is 60.0 Å². The molecule has 32 heavy (non-hydrogen) atoms. The van der Waals surface area contributed by atoms with Crippen LogP contribution in [-0.2, 0) is 16.0 Å². The number of aromatic amines is 1. The third-order valence-corrected chi connectivity index (χ3v) is 7.13. The number of fused-ring (bicyclic) bond motifs is 1. The van der Waals surface area contributed by atoms with Gasteiger partial charge in [0.15, 0.2) is 6.29 Å². The number of hydrogen-bond donors (Lipinski definition) is 2. The predicted octanol–water partition coefficient (Wildman–Crippen LogP) is 5.45. The number of nitrogens with zero attached hydrogens (tertiary/aromatic N) is 1. The van der Waals surface area contributed by atoms with Crippen LogP contribution in [0.4, 0.5) is 0 Å². The Morgan fingerprint density at radius 3 is 2.69 bits per heavy atom. The summed E-state index contributed by atoms with van der Waals surface area (Å²) in [7, 11) is 1.92. The Hall–Kier alpha value is -2.53. The van der Waals surface area contributed by atoms with Crippen LogP contribution in [0.2, 0.25) is 0 Å². The van der Waals surface area contributed by atoms with Crippen molar-refractivity contribution in [3.8, 4) is 0 Å². The van der Waals surface area contributed by atoms with Crippen molar-refractivity contribution in [3.63, 3.8) is 0 Å². The van der Waals surface area contributed by atoms with Crippen LogP contribution in [0.1, 0.15) is 74.6 Å².